The van der Waals surface area contributed by atoms with Crippen molar-refractivity contribution in [2.24, 2.45) is 0 Å². The van der Waals surface area contributed by atoms with Gasteiger partial charge >= 0.3 is 0 Å². The molecule has 6 nitrogen and oxygen atoms in total. The molecule has 3 rings (SSSR count). The summed E-state index contributed by atoms with van der Waals surface area (Å²) >= 11 is 6.34. The lowest BCUT2D eigenvalue weighted by Gasteiger charge is -2.35. The summed E-state index contributed by atoms with van der Waals surface area (Å²) in [6.45, 7) is 5.39. The number of anilines is 2. The first-order chi connectivity index (χ1) is 12.6. The molecule has 1 unspecified atom stereocenters. The summed E-state index contributed by atoms with van der Waals surface area (Å²) in [6.07, 6.45) is 5.72. The number of aryl methyl sites for hydroxylation is 1. The van der Waals surface area contributed by atoms with Crippen LogP contribution in [0.25, 0.3) is 0 Å². The Bertz CT molecular complexity index is 765. The van der Waals surface area contributed by atoms with Crippen LogP contribution in [0.4, 0.5) is 11.5 Å². The first kappa shape index (κ1) is 18.6. The molecule has 1 fully saturated rings. The average Bonchev–Trinajstić information content (AvgIpc) is 2.65. The molecular weight excluding hydrogens is 352 g/mol. The topological polar surface area (TPSA) is 67.3 Å². The van der Waals surface area contributed by atoms with Crippen molar-refractivity contribution >= 4 is 29.0 Å². The van der Waals surface area contributed by atoms with Crippen molar-refractivity contribution < 1.29 is 9.53 Å². The van der Waals surface area contributed by atoms with Crippen molar-refractivity contribution in [2.75, 3.05) is 18.5 Å². The Morgan fingerprint density at radius 2 is 2.23 bits per heavy atom. The van der Waals surface area contributed by atoms with E-state index < -0.39 is 0 Å². The molecule has 0 radical (unpaired) electrons. The van der Waals surface area contributed by atoms with E-state index in [0.717, 1.165) is 30.6 Å². The average molecular weight is 375 g/mol. The number of hydrogen-bond acceptors (Lipinski definition) is 5. The minimum atomic E-state index is -0.170. The molecule has 0 aromatic carbocycles. The monoisotopic (exact) mass is 374 g/mol. The highest BCUT2D eigenvalue weighted by molar-refractivity contribution is 6.33. The SMILES string of the molecule is CCCC1OCCCN1C(=O)c1cnc(Nc2ccc(C)nc2)c(Cl)c1. The quantitative estimate of drug-likeness (QED) is 0.850. The Morgan fingerprint density at radius 1 is 1.38 bits per heavy atom. The Morgan fingerprint density at radius 3 is 2.92 bits per heavy atom. The van der Waals surface area contributed by atoms with E-state index in [1.54, 1.807) is 23.4 Å². The largest absolute Gasteiger partial charge is 0.358 e. The van der Waals surface area contributed by atoms with E-state index >= 15 is 0 Å². The van der Waals surface area contributed by atoms with Gasteiger partial charge in [-0.25, -0.2) is 4.98 Å². The molecule has 7 heteroatoms. The maximum Gasteiger partial charge on any atom is 0.257 e. The highest BCUT2D eigenvalue weighted by Crippen LogP contribution is 2.25. The number of carbonyl (C=O) groups is 1. The lowest BCUT2D eigenvalue weighted by molar-refractivity contribution is -0.0808. The maximum atomic E-state index is 12.9. The van der Waals surface area contributed by atoms with Crippen molar-refractivity contribution in [1.29, 1.82) is 0 Å². The summed E-state index contributed by atoms with van der Waals surface area (Å²) in [5.74, 6) is 0.398. The molecule has 1 N–H and O–H groups in total. The minimum absolute atomic E-state index is 0.0962. The van der Waals surface area contributed by atoms with Gasteiger partial charge in [0.1, 0.15) is 12.0 Å². The summed E-state index contributed by atoms with van der Waals surface area (Å²) in [7, 11) is 0. The zero-order valence-electron chi connectivity index (χ0n) is 15.0. The summed E-state index contributed by atoms with van der Waals surface area (Å²) in [5, 5.41) is 3.51. The number of nitrogens with one attached hydrogen (secondary N) is 1. The van der Waals surface area contributed by atoms with Gasteiger partial charge in [0.2, 0.25) is 0 Å². The second-order valence-corrected chi connectivity index (χ2v) is 6.74. The number of hydrogen-bond donors (Lipinski definition) is 1. The zero-order valence-corrected chi connectivity index (χ0v) is 15.8. The molecule has 2 aromatic rings. The highest BCUT2D eigenvalue weighted by atomic mass is 35.5. The van der Waals surface area contributed by atoms with E-state index in [0.29, 0.717) is 29.6 Å². The Kier molecular flexibility index (Phi) is 6.06. The smallest absolute Gasteiger partial charge is 0.257 e. The molecule has 0 saturated carbocycles. The van der Waals surface area contributed by atoms with Crippen LogP contribution in [0.1, 0.15) is 42.2 Å². The Balaban J connectivity index is 1.75. The zero-order chi connectivity index (χ0) is 18.5. The fraction of sp³-hybridized carbons (Fsp3) is 0.421. The number of ether oxygens (including phenoxy) is 1. The first-order valence-electron chi connectivity index (χ1n) is 8.86. The number of aromatic nitrogens is 2. The molecule has 2 aromatic heterocycles. The van der Waals surface area contributed by atoms with E-state index in [1.807, 2.05) is 19.1 Å². The summed E-state index contributed by atoms with van der Waals surface area (Å²) in [6, 6.07) is 5.45. The van der Waals surface area contributed by atoms with Crippen LogP contribution in [0.15, 0.2) is 30.6 Å². The number of rotatable bonds is 5. The molecule has 0 bridgehead atoms. The Labute approximate surface area is 158 Å². The van der Waals surface area contributed by atoms with Gasteiger partial charge < -0.3 is 15.0 Å². The number of carbonyl (C=O) groups excluding carboxylic acids is 1. The maximum absolute atomic E-state index is 12.9. The van der Waals surface area contributed by atoms with Crippen molar-refractivity contribution in [3.8, 4) is 0 Å². The number of amides is 1. The molecule has 1 aliphatic heterocycles. The van der Waals surface area contributed by atoms with E-state index in [-0.39, 0.29) is 12.1 Å². The molecule has 1 aliphatic rings. The van der Waals surface area contributed by atoms with Crippen molar-refractivity contribution in [1.82, 2.24) is 14.9 Å². The van der Waals surface area contributed by atoms with Gasteiger partial charge in [-0.3, -0.25) is 9.78 Å². The predicted molar refractivity (Wildman–Crippen MR) is 102 cm³/mol. The second kappa shape index (κ2) is 8.47. The third-order valence-corrected chi connectivity index (χ3v) is 4.55. The molecule has 0 aliphatic carbocycles. The summed E-state index contributed by atoms with van der Waals surface area (Å²) in [4.78, 5) is 23.2. The third-order valence-electron chi connectivity index (χ3n) is 4.26. The normalized spacial score (nSPS) is 17.2. The van der Waals surface area contributed by atoms with Gasteiger partial charge in [-0.1, -0.05) is 24.9 Å². The lowest BCUT2D eigenvalue weighted by atomic mass is 10.1. The van der Waals surface area contributed by atoms with Crippen molar-refractivity contribution in [2.45, 2.75) is 39.3 Å². The molecule has 0 spiro atoms. The fourth-order valence-corrected chi connectivity index (χ4v) is 3.11. The van der Waals surface area contributed by atoms with Gasteiger partial charge in [-0.05, 0) is 38.0 Å². The van der Waals surface area contributed by atoms with Crippen LogP contribution in [0, 0.1) is 6.92 Å². The van der Waals surface area contributed by atoms with Crippen molar-refractivity contribution in [3.05, 3.63) is 46.9 Å². The molecule has 1 atom stereocenters. The fourth-order valence-electron chi connectivity index (χ4n) is 2.90. The van der Waals surface area contributed by atoms with Gasteiger partial charge in [-0.15, -0.1) is 0 Å². The number of nitrogens with zero attached hydrogens (tertiary/aromatic N) is 3. The minimum Gasteiger partial charge on any atom is -0.358 e. The van der Waals surface area contributed by atoms with Crippen LogP contribution in [0.5, 0.6) is 0 Å². The standard InChI is InChI=1S/C19H23ClN4O2/c1-3-5-17-24(8-4-9-26-17)19(25)14-10-16(20)18(22-11-14)23-15-7-6-13(2)21-12-15/h6-7,10-12,17H,3-5,8-9H2,1-2H3,(H,22,23). The first-order valence-corrected chi connectivity index (χ1v) is 9.24. The van der Waals surface area contributed by atoms with Gasteiger partial charge in [0.25, 0.3) is 5.91 Å². The lowest BCUT2D eigenvalue weighted by Crippen LogP contribution is -2.46. The molecule has 1 amide bonds. The van der Waals surface area contributed by atoms with Gasteiger partial charge in [0, 0.05) is 18.4 Å². The van der Waals surface area contributed by atoms with Crippen molar-refractivity contribution in [3.63, 3.8) is 0 Å². The molecule has 1 saturated heterocycles. The Hall–Kier alpha value is -2.18. The van der Waals surface area contributed by atoms with Gasteiger partial charge in [0.05, 0.1) is 29.1 Å². The number of pyridine rings is 2. The van der Waals surface area contributed by atoms with E-state index in [1.165, 1.54) is 0 Å². The van der Waals surface area contributed by atoms with E-state index in [9.17, 15) is 4.79 Å². The number of halogens is 1. The van der Waals surface area contributed by atoms with Crippen LogP contribution < -0.4 is 5.32 Å². The summed E-state index contributed by atoms with van der Waals surface area (Å²) < 4.78 is 5.75. The van der Waals surface area contributed by atoms with Crippen LogP contribution >= 0.6 is 11.6 Å². The van der Waals surface area contributed by atoms with Crippen LogP contribution in [-0.2, 0) is 4.74 Å². The van der Waals surface area contributed by atoms with Gasteiger partial charge in [0.15, 0.2) is 0 Å². The second-order valence-electron chi connectivity index (χ2n) is 6.33. The van der Waals surface area contributed by atoms with Crippen LogP contribution in [0.2, 0.25) is 5.02 Å². The summed E-state index contributed by atoms with van der Waals surface area (Å²) in [5.41, 5.74) is 2.19. The molecule has 3 heterocycles. The molecule has 26 heavy (non-hydrogen) atoms. The van der Waals surface area contributed by atoms with E-state index in [2.05, 4.69) is 22.2 Å². The van der Waals surface area contributed by atoms with Crippen LogP contribution in [0.3, 0.4) is 0 Å². The predicted octanol–water partition coefficient (Wildman–Crippen LogP) is 4.17. The molecule has 138 valence electrons. The van der Waals surface area contributed by atoms with E-state index in [4.69, 9.17) is 16.3 Å². The highest BCUT2D eigenvalue weighted by Gasteiger charge is 2.28. The molecular formula is C19H23ClN4O2. The van der Waals surface area contributed by atoms with Crippen LogP contribution in [-0.4, -0.2) is 40.2 Å². The van der Waals surface area contributed by atoms with Gasteiger partial charge in [-0.2, -0.15) is 0 Å². The third kappa shape index (κ3) is 4.31.